The van der Waals surface area contributed by atoms with Crippen molar-refractivity contribution in [2.24, 2.45) is 0 Å². The standard InChI is InChI=1S/C14H17N5S/c1-3-5-16-13-11-4-8-20-14(11)18-12(17-13)9-19-7-6-15-10(19)2/h4,6-8H,3,5,9H2,1-2H3,(H,16,17,18). The van der Waals surface area contributed by atoms with Gasteiger partial charge in [0.05, 0.1) is 11.9 Å². The zero-order valence-corrected chi connectivity index (χ0v) is 12.4. The topological polar surface area (TPSA) is 55.6 Å². The van der Waals surface area contributed by atoms with E-state index in [1.54, 1.807) is 17.5 Å². The van der Waals surface area contributed by atoms with Crippen molar-refractivity contribution in [1.82, 2.24) is 19.5 Å². The number of aryl methyl sites for hydroxylation is 1. The number of hydrogen-bond acceptors (Lipinski definition) is 5. The molecule has 0 aliphatic carbocycles. The summed E-state index contributed by atoms with van der Waals surface area (Å²) in [5, 5.41) is 6.55. The summed E-state index contributed by atoms with van der Waals surface area (Å²) < 4.78 is 2.05. The first kappa shape index (κ1) is 13.1. The van der Waals surface area contributed by atoms with E-state index in [0.717, 1.165) is 40.6 Å². The Balaban J connectivity index is 1.96. The van der Waals surface area contributed by atoms with Crippen LogP contribution in [0.2, 0.25) is 0 Å². The number of fused-ring (bicyclic) bond motifs is 1. The second-order valence-electron chi connectivity index (χ2n) is 4.66. The summed E-state index contributed by atoms with van der Waals surface area (Å²) in [4.78, 5) is 14.6. The van der Waals surface area contributed by atoms with E-state index >= 15 is 0 Å². The Morgan fingerprint density at radius 2 is 2.25 bits per heavy atom. The Bertz CT molecular complexity index is 715. The van der Waals surface area contributed by atoms with Crippen LogP contribution in [0, 0.1) is 6.92 Å². The molecule has 0 radical (unpaired) electrons. The maximum absolute atomic E-state index is 4.66. The summed E-state index contributed by atoms with van der Waals surface area (Å²) in [5.41, 5.74) is 0. The van der Waals surface area contributed by atoms with Crippen LogP contribution in [0.25, 0.3) is 10.2 Å². The lowest BCUT2D eigenvalue weighted by Crippen LogP contribution is -2.09. The number of aromatic nitrogens is 4. The molecule has 0 fully saturated rings. The fraction of sp³-hybridized carbons (Fsp3) is 0.357. The van der Waals surface area contributed by atoms with Gasteiger partial charge in [0.2, 0.25) is 0 Å². The van der Waals surface area contributed by atoms with E-state index in [-0.39, 0.29) is 0 Å². The molecular weight excluding hydrogens is 270 g/mol. The van der Waals surface area contributed by atoms with Crippen molar-refractivity contribution < 1.29 is 0 Å². The highest BCUT2D eigenvalue weighted by molar-refractivity contribution is 7.16. The van der Waals surface area contributed by atoms with Crippen molar-refractivity contribution in [1.29, 1.82) is 0 Å². The highest BCUT2D eigenvalue weighted by Gasteiger charge is 2.09. The molecule has 6 heteroatoms. The van der Waals surface area contributed by atoms with Gasteiger partial charge >= 0.3 is 0 Å². The number of thiophene rings is 1. The van der Waals surface area contributed by atoms with Crippen LogP contribution in [0.5, 0.6) is 0 Å². The molecule has 20 heavy (non-hydrogen) atoms. The Hall–Kier alpha value is -1.95. The molecule has 3 aromatic heterocycles. The van der Waals surface area contributed by atoms with Crippen molar-refractivity contribution >= 4 is 27.4 Å². The number of nitrogens with one attached hydrogen (secondary N) is 1. The summed E-state index contributed by atoms with van der Waals surface area (Å²) in [5.74, 6) is 2.73. The third kappa shape index (κ3) is 2.51. The molecule has 3 aromatic rings. The lowest BCUT2D eigenvalue weighted by Gasteiger charge is -2.09. The first-order chi connectivity index (χ1) is 9.78. The van der Waals surface area contributed by atoms with Gasteiger partial charge in [0.1, 0.15) is 16.5 Å². The van der Waals surface area contributed by atoms with Gasteiger partial charge in [-0.3, -0.25) is 0 Å². The van der Waals surface area contributed by atoms with E-state index in [9.17, 15) is 0 Å². The van der Waals surface area contributed by atoms with Crippen LogP contribution >= 0.6 is 11.3 Å². The highest BCUT2D eigenvalue weighted by Crippen LogP contribution is 2.25. The van der Waals surface area contributed by atoms with Crippen LogP contribution < -0.4 is 5.32 Å². The molecule has 5 nitrogen and oxygen atoms in total. The Morgan fingerprint density at radius 3 is 3.00 bits per heavy atom. The lowest BCUT2D eigenvalue weighted by molar-refractivity contribution is 0.722. The van der Waals surface area contributed by atoms with Gasteiger partial charge in [-0.1, -0.05) is 6.92 Å². The van der Waals surface area contributed by atoms with E-state index in [0.29, 0.717) is 6.54 Å². The molecular formula is C14H17N5S. The number of rotatable bonds is 5. The van der Waals surface area contributed by atoms with Crippen molar-refractivity contribution in [2.75, 3.05) is 11.9 Å². The molecule has 0 saturated heterocycles. The Labute approximate surface area is 121 Å². The second kappa shape index (κ2) is 5.58. The largest absolute Gasteiger partial charge is 0.369 e. The third-order valence-electron chi connectivity index (χ3n) is 3.15. The van der Waals surface area contributed by atoms with Crippen molar-refractivity contribution in [2.45, 2.75) is 26.8 Å². The van der Waals surface area contributed by atoms with E-state index in [2.05, 4.69) is 43.2 Å². The molecule has 3 rings (SSSR count). The average molecular weight is 287 g/mol. The molecule has 0 aromatic carbocycles. The normalized spacial score (nSPS) is 11.1. The van der Waals surface area contributed by atoms with Crippen molar-refractivity contribution in [3.8, 4) is 0 Å². The number of hydrogen-bond donors (Lipinski definition) is 1. The summed E-state index contributed by atoms with van der Waals surface area (Å²) in [6.45, 7) is 5.71. The van der Waals surface area contributed by atoms with Crippen molar-refractivity contribution in [3.63, 3.8) is 0 Å². The number of anilines is 1. The summed E-state index contributed by atoms with van der Waals surface area (Å²) in [6.07, 6.45) is 4.83. The van der Waals surface area contributed by atoms with Gasteiger partial charge in [0, 0.05) is 18.9 Å². The van der Waals surface area contributed by atoms with E-state index in [4.69, 9.17) is 0 Å². The fourth-order valence-electron chi connectivity index (χ4n) is 2.07. The molecule has 0 aliphatic heterocycles. The van der Waals surface area contributed by atoms with Gasteiger partial charge in [0.25, 0.3) is 0 Å². The summed E-state index contributed by atoms with van der Waals surface area (Å²) >= 11 is 1.65. The molecule has 0 aliphatic rings. The minimum atomic E-state index is 0.653. The molecule has 3 heterocycles. The molecule has 0 saturated carbocycles. The zero-order chi connectivity index (χ0) is 13.9. The smallest absolute Gasteiger partial charge is 0.152 e. The third-order valence-corrected chi connectivity index (χ3v) is 3.96. The second-order valence-corrected chi connectivity index (χ2v) is 5.55. The molecule has 0 bridgehead atoms. The molecule has 0 unspecified atom stereocenters. The minimum absolute atomic E-state index is 0.653. The van der Waals surface area contributed by atoms with Crippen LogP contribution in [-0.4, -0.2) is 26.1 Å². The van der Waals surface area contributed by atoms with E-state index < -0.39 is 0 Å². The zero-order valence-electron chi connectivity index (χ0n) is 11.6. The van der Waals surface area contributed by atoms with Gasteiger partial charge in [0.15, 0.2) is 5.82 Å². The van der Waals surface area contributed by atoms with Gasteiger partial charge in [-0.15, -0.1) is 11.3 Å². The molecule has 0 atom stereocenters. The van der Waals surface area contributed by atoms with E-state index in [1.807, 2.05) is 13.1 Å². The van der Waals surface area contributed by atoms with Gasteiger partial charge < -0.3 is 9.88 Å². The quantitative estimate of drug-likeness (QED) is 0.783. The van der Waals surface area contributed by atoms with Crippen LogP contribution in [-0.2, 0) is 6.54 Å². The van der Waals surface area contributed by atoms with Gasteiger partial charge in [-0.2, -0.15) is 0 Å². The van der Waals surface area contributed by atoms with Crippen LogP contribution in [0.4, 0.5) is 5.82 Å². The van der Waals surface area contributed by atoms with Crippen LogP contribution in [0.15, 0.2) is 23.8 Å². The number of nitrogens with zero attached hydrogens (tertiary/aromatic N) is 4. The minimum Gasteiger partial charge on any atom is -0.369 e. The fourth-order valence-corrected chi connectivity index (χ4v) is 2.85. The first-order valence-electron chi connectivity index (χ1n) is 6.73. The predicted octanol–water partition coefficient (Wildman–Crippen LogP) is 3.07. The maximum atomic E-state index is 4.66. The predicted molar refractivity (Wildman–Crippen MR) is 82.3 cm³/mol. The lowest BCUT2D eigenvalue weighted by atomic mass is 10.3. The first-order valence-corrected chi connectivity index (χ1v) is 7.61. The van der Waals surface area contributed by atoms with Gasteiger partial charge in [-0.05, 0) is 24.8 Å². The van der Waals surface area contributed by atoms with Gasteiger partial charge in [-0.25, -0.2) is 15.0 Å². The molecule has 1 N–H and O–H groups in total. The summed E-state index contributed by atoms with van der Waals surface area (Å²) in [6, 6.07) is 2.07. The Kier molecular flexibility index (Phi) is 3.64. The summed E-state index contributed by atoms with van der Waals surface area (Å²) in [7, 11) is 0. The molecule has 0 amide bonds. The highest BCUT2D eigenvalue weighted by atomic mass is 32.1. The Morgan fingerprint density at radius 1 is 1.35 bits per heavy atom. The average Bonchev–Trinajstić information content (AvgIpc) is 3.06. The van der Waals surface area contributed by atoms with Crippen LogP contribution in [0.3, 0.4) is 0 Å². The monoisotopic (exact) mass is 287 g/mol. The van der Waals surface area contributed by atoms with E-state index in [1.165, 1.54) is 0 Å². The van der Waals surface area contributed by atoms with Crippen LogP contribution in [0.1, 0.15) is 25.0 Å². The maximum Gasteiger partial charge on any atom is 0.152 e. The van der Waals surface area contributed by atoms with Crippen molar-refractivity contribution in [3.05, 3.63) is 35.5 Å². The molecule has 104 valence electrons. The SMILES string of the molecule is CCCNc1nc(Cn2ccnc2C)nc2sccc12. The molecule has 0 spiro atoms. The number of imidazole rings is 1.